The summed E-state index contributed by atoms with van der Waals surface area (Å²) in [6.45, 7) is 7.01. The molecule has 23 heavy (non-hydrogen) atoms. The van der Waals surface area contributed by atoms with E-state index < -0.39 is 0 Å². The third kappa shape index (κ3) is 4.62. The van der Waals surface area contributed by atoms with Crippen molar-refractivity contribution in [1.29, 1.82) is 0 Å². The second-order valence-corrected chi connectivity index (χ2v) is 8.17. The van der Waals surface area contributed by atoms with Crippen molar-refractivity contribution in [3.8, 4) is 0 Å². The van der Waals surface area contributed by atoms with E-state index in [1.54, 1.807) is 0 Å². The number of hydrogen-bond donors (Lipinski definition) is 2. The van der Waals surface area contributed by atoms with Crippen molar-refractivity contribution in [3.05, 3.63) is 0 Å². The van der Waals surface area contributed by atoms with Crippen LogP contribution in [0.2, 0.25) is 0 Å². The minimum absolute atomic E-state index is 0.586. The van der Waals surface area contributed by atoms with E-state index >= 15 is 0 Å². The van der Waals surface area contributed by atoms with Crippen LogP contribution in [0.3, 0.4) is 0 Å². The van der Waals surface area contributed by atoms with Crippen LogP contribution < -0.4 is 10.6 Å². The molecule has 0 amide bonds. The Bertz CT molecular complexity index is 392. The number of hydrogen-bond acceptors (Lipinski definition) is 2. The Labute approximate surface area is 142 Å². The van der Waals surface area contributed by atoms with Gasteiger partial charge in [-0.3, -0.25) is 4.99 Å². The fourth-order valence-corrected chi connectivity index (χ4v) is 4.56. The zero-order chi connectivity index (χ0) is 16.2. The van der Waals surface area contributed by atoms with Gasteiger partial charge in [-0.15, -0.1) is 0 Å². The molecule has 1 heterocycles. The molecule has 132 valence electrons. The topological polar surface area (TPSA) is 39.7 Å². The van der Waals surface area contributed by atoms with Crippen molar-refractivity contribution in [3.63, 3.8) is 0 Å². The lowest BCUT2D eigenvalue weighted by atomic mass is 9.85. The Morgan fingerprint density at radius 1 is 1.00 bits per heavy atom. The Kier molecular flexibility index (Phi) is 5.84. The second-order valence-electron chi connectivity index (χ2n) is 8.17. The van der Waals surface area contributed by atoms with Gasteiger partial charge in [0.05, 0.1) is 0 Å². The van der Waals surface area contributed by atoms with Crippen LogP contribution in [-0.4, -0.2) is 49.1 Å². The van der Waals surface area contributed by atoms with E-state index in [1.807, 2.05) is 7.05 Å². The van der Waals surface area contributed by atoms with E-state index in [4.69, 9.17) is 0 Å². The standard InChI is InChI=1S/C19H36N4/c1-14(2)23-11-9-16(10-12-23)21-19(20-3)22-18-13-17(18)15-7-5-4-6-8-15/h14-18H,4-13H2,1-3H3,(H2,20,21,22). The predicted molar refractivity (Wildman–Crippen MR) is 97.8 cm³/mol. The second kappa shape index (κ2) is 7.87. The van der Waals surface area contributed by atoms with Gasteiger partial charge in [-0.1, -0.05) is 32.1 Å². The van der Waals surface area contributed by atoms with Gasteiger partial charge in [0, 0.05) is 38.3 Å². The lowest BCUT2D eigenvalue weighted by Gasteiger charge is -2.35. The first kappa shape index (κ1) is 17.1. The molecule has 1 saturated heterocycles. The third-order valence-corrected chi connectivity index (χ3v) is 6.24. The monoisotopic (exact) mass is 320 g/mol. The molecule has 3 fully saturated rings. The van der Waals surface area contributed by atoms with Gasteiger partial charge in [-0.25, -0.2) is 0 Å². The summed E-state index contributed by atoms with van der Waals surface area (Å²) in [4.78, 5) is 7.05. The van der Waals surface area contributed by atoms with Gasteiger partial charge in [0.25, 0.3) is 0 Å². The molecule has 2 unspecified atom stereocenters. The normalized spacial score (nSPS) is 31.4. The zero-order valence-corrected chi connectivity index (χ0v) is 15.4. The van der Waals surface area contributed by atoms with Crippen LogP contribution in [0.4, 0.5) is 0 Å². The first-order chi connectivity index (χ1) is 11.2. The Morgan fingerprint density at radius 2 is 1.70 bits per heavy atom. The minimum atomic E-state index is 0.586. The summed E-state index contributed by atoms with van der Waals surface area (Å²) in [6, 6.07) is 1.94. The predicted octanol–water partition coefficient (Wildman–Crippen LogP) is 2.99. The lowest BCUT2D eigenvalue weighted by molar-refractivity contribution is 0.167. The Balaban J connectivity index is 1.39. The van der Waals surface area contributed by atoms with Crippen LogP contribution in [0.15, 0.2) is 4.99 Å². The molecule has 4 nitrogen and oxygen atoms in total. The Morgan fingerprint density at radius 3 is 2.30 bits per heavy atom. The maximum atomic E-state index is 4.48. The molecule has 2 saturated carbocycles. The van der Waals surface area contributed by atoms with E-state index in [9.17, 15) is 0 Å². The number of nitrogens with zero attached hydrogens (tertiary/aromatic N) is 2. The van der Waals surface area contributed by atoms with Crippen molar-refractivity contribution in [2.24, 2.45) is 16.8 Å². The largest absolute Gasteiger partial charge is 0.354 e. The summed E-state index contributed by atoms with van der Waals surface area (Å²) >= 11 is 0. The molecule has 3 rings (SSSR count). The molecular formula is C19H36N4. The molecular weight excluding hydrogens is 284 g/mol. The summed E-state index contributed by atoms with van der Waals surface area (Å²) in [6.07, 6.45) is 11.1. The Hall–Kier alpha value is -0.770. The van der Waals surface area contributed by atoms with Crippen LogP contribution in [0.25, 0.3) is 0 Å². The fourth-order valence-electron chi connectivity index (χ4n) is 4.56. The average molecular weight is 321 g/mol. The van der Waals surface area contributed by atoms with Crippen molar-refractivity contribution in [2.75, 3.05) is 20.1 Å². The van der Waals surface area contributed by atoms with Gasteiger partial charge in [0.1, 0.15) is 0 Å². The highest BCUT2D eigenvalue weighted by atomic mass is 15.2. The zero-order valence-electron chi connectivity index (χ0n) is 15.4. The number of guanidine groups is 1. The van der Waals surface area contributed by atoms with Gasteiger partial charge in [-0.2, -0.15) is 0 Å². The highest BCUT2D eigenvalue weighted by molar-refractivity contribution is 5.80. The molecule has 0 spiro atoms. The molecule has 4 heteroatoms. The number of nitrogens with one attached hydrogen (secondary N) is 2. The molecule has 2 N–H and O–H groups in total. The fraction of sp³-hybridized carbons (Fsp3) is 0.947. The van der Waals surface area contributed by atoms with Crippen molar-refractivity contribution in [2.45, 2.75) is 83.3 Å². The number of rotatable bonds is 4. The summed E-state index contributed by atoms with van der Waals surface area (Å²) in [7, 11) is 1.91. The van der Waals surface area contributed by atoms with Crippen LogP contribution in [0.5, 0.6) is 0 Å². The van der Waals surface area contributed by atoms with E-state index in [-0.39, 0.29) is 0 Å². The number of likely N-dealkylation sites (tertiary alicyclic amines) is 1. The highest BCUT2D eigenvalue weighted by Gasteiger charge is 2.43. The number of aliphatic imine (C=N–C) groups is 1. The molecule has 0 radical (unpaired) electrons. The van der Waals surface area contributed by atoms with Gasteiger partial charge in [0.2, 0.25) is 0 Å². The lowest BCUT2D eigenvalue weighted by Crippen LogP contribution is -2.50. The average Bonchev–Trinajstić information content (AvgIpc) is 3.35. The maximum Gasteiger partial charge on any atom is 0.191 e. The van der Waals surface area contributed by atoms with E-state index in [2.05, 4.69) is 34.4 Å². The molecule has 1 aliphatic heterocycles. The summed E-state index contributed by atoms with van der Waals surface area (Å²) in [5.41, 5.74) is 0. The summed E-state index contributed by atoms with van der Waals surface area (Å²) in [5.74, 6) is 2.93. The summed E-state index contributed by atoms with van der Waals surface area (Å²) in [5, 5.41) is 7.37. The van der Waals surface area contributed by atoms with Crippen LogP contribution in [0, 0.1) is 11.8 Å². The van der Waals surface area contributed by atoms with Crippen molar-refractivity contribution in [1.82, 2.24) is 15.5 Å². The molecule has 0 bridgehead atoms. The van der Waals surface area contributed by atoms with Gasteiger partial charge in [-0.05, 0) is 44.9 Å². The molecule has 0 aromatic rings. The van der Waals surface area contributed by atoms with Crippen LogP contribution in [0.1, 0.15) is 65.2 Å². The molecule has 3 aliphatic rings. The van der Waals surface area contributed by atoms with Gasteiger partial charge < -0.3 is 15.5 Å². The molecule has 2 atom stereocenters. The summed E-state index contributed by atoms with van der Waals surface area (Å²) < 4.78 is 0. The number of piperidine rings is 1. The van der Waals surface area contributed by atoms with Crippen LogP contribution >= 0.6 is 0 Å². The quantitative estimate of drug-likeness (QED) is 0.618. The third-order valence-electron chi connectivity index (χ3n) is 6.24. The first-order valence-corrected chi connectivity index (χ1v) is 9.91. The van der Waals surface area contributed by atoms with Crippen molar-refractivity contribution >= 4 is 5.96 Å². The first-order valence-electron chi connectivity index (χ1n) is 9.91. The van der Waals surface area contributed by atoms with Crippen molar-refractivity contribution < 1.29 is 0 Å². The van der Waals surface area contributed by atoms with Gasteiger partial charge >= 0.3 is 0 Å². The minimum Gasteiger partial charge on any atom is -0.354 e. The molecule has 0 aromatic heterocycles. The van der Waals surface area contributed by atoms with E-state index in [0.29, 0.717) is 18.1 Å². The highest BCUT2D eigenvalue weighted by Crippen LogP contribution is 2.44. The molecule has 2 aliphatic carbocycles. The molecule has 0 aromatic carbocycles. The van der Waals surface area contributed by atoms with Gasteiger partial charge in [0.15, 0.2) is 5.96 Å². The van der Waals surface area contributed by atoms with E-state index in [1.165, 1.54) is 64.5 Å². The van der Waals surface area contributed by atoms with Crippen LogP contribution in [-0.2, 0) is 0 Å². The van der Waals surface area contributed by atoms with E-state index in [0.717, 1.165) is 17.8 Å². The smallest absolute Gasteiger partial charge is 0.191 e. The SMILES string of the molecule is CN=C(NC1CCN(C(C)C)CC1)NC1CC1C1CCCCC1. The maximum absolute atomic E-state index is 4.48.